The Kier molecular flexibility index (Phi) is 7.27. The number of unbranched alkanes of at least 4 members (excludes halogenated alkanes) is 1. The number of nitrogens with one attached hydrogen (secondary N) is 1. The molecule has 2 amide bonds. The summed E-state index contributed by atoms with van der Waals surface area (Å²) in [6, 6.07) is 21.0. The molecule has 0 saturated heterocycles. The van der Waals surface area contributed by atoms with Gasteiger partial charge in [0.05, 0.1) is 6.54 Å². The highest BCUT2D eigenvalue weighted by Crippen LogP contribution is 2.15. The maximum atomic E-state index is 12.4. The summed E-state index contributed by atoms with van der Waals surface area (Å²) in [6.45, 7) is 2.29. The Bertz CT molecular complexity index is 746. The number of para-hydroxylation sites is 1. The van der Waals surface area contributed by atoms with Crippen molar-refractivity contribution in [3.8, 4) is 12.0 Å². The maximum absolute atomic E-state index is 12.4. The van der Waals surface area contributed by atoms with Gasteiger partial charge in [-0.1, -0.05) is 55.7 Å². The molecule has 2 aromatic carbocycles. The van der Waals surface area contributed by atoms with E-state index in [1.165, 1.54) is 0 Å². The normalized spacial score (nSPS) is 9.64. The molecule has 4 nitrogen and oxygen atoms in total. The molecule has 0 saturated carbocycles. The number of benzene rings is 2. The summed E-state index contributed by atoms with van der Waals surface area (Å²) in [5.74, 6) is 2.65. The first-order valence-corrected chi connectivity index (χ1v) is 8.41. The highest BCUT2D eigenvalue weighted by Gasteiger charge is 2.13. The molecule has 0 aliphatic rings. The van der Waals surface area contributed by atoms with Crippen molar-refractivity contribution in [1.82, 2.24) is 5.32 Å². The minimum atomic E-state index is -0.253. The van der Waals surface area contributed by atoms with E-state index in [0.29, 0.717) is 12.0 Å². The zero-order chi connectivity index (χ0) is 17.9. The van der Waals surface area contributed by atoms with Crippen molar-refractivity contribution in [1.29, 1.82) is 0 Å². The van der Waals surface area contributed by atoms with Gasteiger partial charge in [-0.25, -0.2) is 0 Å². The van der Waals surface area contributed by atoms with Gasteiger partial charge in [0.2, 0.25) is 5.91 Å². The number of nitrogens with zero attached hydrogens (tertiary/aromatic N) is 1. The van der Waals surface area contributed by atoms with Crippen molar-refractivity contribution in [3.05, 3.63) is 66.2 Å². The standard InChI is InChI=1S/C21H22N2O2/c1-2-3-15-20(24)23(19-13-8-5-9-14-19)17-10-16-22-21(25)18-11-6-4-7-12-18/h4-9,11-14H,2-3,15,17H2,1H3,(H,22,25). The molecule has 0 spiro atoms. The van der Waals surface area contributed by atoms with E-state index in [1.54, 1.807) is 29.2 Å². The molecule has 25 heavy (non-hydrogen) atoms. The number of rotatable bonds is 6. The Labute approximate surface area is 148 Å². The molecule has 0 aromatic heterocycles. The first-order chi connectivity index (χ1) is 12.2. The molecule has 0 aliphatic carbocycles. The summed E-state index contributed by atoms with van der Waals surface area (Å²) in [5.41, 5.74) is 1.36. The fourth-order valence-electron chi connectivity index (χ4n) is 2.28. The van der Waals surface area contributed by atoms with Crippen LogP contribution in [0.4, 0.5) is 5.69 Å². The molecule has 0 radical (unpaired) electrons. The first kappa shape index (κ1) is 18.3. The van der Waals surface area contributed by atoms with Crippen molar-refractivity contribution in [2.24, 2.45) is 0 Å². The number of hydrogen-bond donors (Lipinski definition) is 1. The van der Waals surface area contributed by atoms with Crippen LogP contribution in [-0.4, -0.2) is 18.4 Å². The average Bonchev–Trinajstić information content (AvgIpc) is 2.67. The quantitative estimate of drug-likeness (QED) is 0.648. The van der Waals surface area contributed by atoms with Crippen LogP contribution >= 0.6 is 0 Å². The smallest absolute Gasteiger partial charge is 0.262 e. The van der Waals surface area contributed by atoms with Crippen LogP contribution in [0.5, 0.6) is 0 Å². The van der Waals surface area contributed by atoms with E-state index in [2.05, 4.69) is 24.2 Å². The van der Waals surface area contributed by atoms with Gasteiger partial charge >= 0.3 is 0 Å². The summed E-state index contributed by atoms with van der Waals surface area (Å²) in [4.78, 5) is 26.0. The molecule has 128 valence electrons. The van der Waals surface area contributed by atoms with E-state index in [-0.39, 0.29) is 18.4 Å². The zero-order valence-electron chi connectivity index (χ0n) is 14.4. The predicted molar refractivity (Wildman–Crippen MR) is 100 cm³/mol. The third-order valence-corrected chi connectivity index (χ3v) is 3.65. The summed E-state index contributed by atoms with van der Waals surface area (Å²) < 4.78 is 0. The Morgan fingerprint density at radius 1 is 1.00 bits per heavy atom. The summed E-state index contributed by atoms with van der Waals surface area (Å²) in [7, 11) is 0. The molecule has 2 rings (SSSR count). The fraction of sp³-hybridized carbons (Fsp3) is 0.238. The van der Waals surface area contributed by atoms with Gasteiger partial charge in [0.15, 0.2) is 0 Å². The van der Waals surface area contributed by atoms with Crippen LogP contribution in [0.3, 0.4) is 0 Å². The van der Waals surface area contributed by atoms with Crippen molar-refractivity contribution < 1.29 is 9.59 Å². The molecule has 2 aromatic rings. The predicted octanol–water partition coefficient (Wildman–Crippen LogP) is 3.60. The fourth-order valence-corrected chi connectivity index (χ4v) is 2.28. The highest BCUT2D eigenvalue weighted by atomic mass is 16.2. The van der Waals surface area contributed by atoms with Gasteiger partial charge in [-0.2, -0.15) is 0 Å². The zero-order valence-corrected chi connectivity index (χ0v) is 14.4. The Morgan fingerprint density at radius 3 is 2.28 bits per heavy atom. The summed E-state index contributed by atoms with van der Waals surface area (Å²) in [5, 5.41) is 2.55. The van der Waals surface area contributed by atoms with Gasteiger partial charge in [0.1, 0.15) is 0 Å². The molecule has 0 atom stereocenters. The van der Waals surface area contributed by atoms with Gasteiger partial charge < -0.3 is 4.90 Å². The highest BCUT2D eigenvalue weighted by molar-refractivity contribution is 5.95. The van der Waals surface area contributed by atoms with Gasteiger partial charge in [-0.05, 0) is 30.7 Å². The van der Waals surface area contributed by atoms with Crippen LogP contribution in [0, 0.1) is 12.0 Å². The molecule has 0 aliphatic heterocycles. The number of hydrogen-bond acceptors (Lipinski definition) is 2. The molecule has 4 heteroatoms. The maximum Gasteiger partial charge on any atom is 0.262 e. The van der Waals surface area contributed by atoms with Crippen LogP contribution in [0.2, 0.25) is 0 Å². The topological polar surface area (TPSA) is 49.4 Å². The van der Waals surface area contributed by atoms with E-state index in [1.807, 2.05) is 36.4 Å². The van der Waals surface area contributed by atoms with Crippen LogP contribution in [0.15, 0.2) is 60.7 Å². The Balaban J connectivity index is 2.00. The van der Waals surface area contributed by atoms with Crippen LogP contribution in [0.1, 0.15) is 36.5 Å². The SMILES string of the molecule is CCCCC(=O)N(CC#CNC(=O)c1ccccc1)c1ccccc1. The van der Waals surface area contributed by atoms with Gasteiger partial charge in [0.25, 0.3) is 5.91 Å². The largest absolute Gasteiger partial charge is 0.301 e. The third kappa shape index (κ3) is 5.82. The lowest BCUT2D eigenvalue weighted by Gasteiger charge is -2.20. The average molecular weight is 334 g/mol. The van der Waals surface area contributed by atoms with E-state index >= 15 is 0 Å². The van der Waals surface area contributed by atoms with Crippen LogP contribution in [0.25, 0.3) is 0 Å². The third-order valence-electron chi connectivity index (χ3n) is 3.65. The lowest BCUT2D eigenvalue weighted by molar-refractivity contribution is -0.118. The van der Waals surface area contributed by atoms with Crippen LogP contribution < -0.4 is 10.2 Å². The Hall–Kier alpha value is -3.06. The Morgan fingerprint density at radius 2 is 1.64 bits per heavy atom. The second-order valence-electron chi connectivity index (χ2n) is 5.54. The molecular formula is C21H22N2O2. The second kappa shape index (κ2) is 9.94. The van der Waals surface area contributed by atoms with Gasteiger partial charge in [0, 0.05) is 23.7 Å². The molecule has 0 heterocycles. The summed E-state index contributed by atoms with van der Waals surface area (Å²) >= 11 is 0. The van der Waals surface area contributed by atoms with Crippen LogP contribution in [-0.2, 0) is 4.79 Å². The van der Waals surface area contributed by atoms with E-state index < -0.39 is 0 Å². The van der Waals surface area contributed by atoms with E-state index in [0.717, 1.165) is 18.5 Å². The molecular weight excluding hydrogens is 312 g/mol. The summed E-state index contributed by atoms with van der Waals surface area (Å²) in [6.07, 6.45) is 2.30. The minimum Gasteiger partial charge on any atom is -0.301 e. The minimum absolute atomic E-state index is 0.0386. The lowest BCUT2D eigenvalue weighted by Crippen LogP contribution is -2.31. The van der Waals surface area contributed by atoms with E-state index in [4.69, 9.17) is 0 Å². The number of anilines is 1. The number of carbonyl (C=O) groups excluding carboxylic acids is 2. The van der Waals surface area contributed by atoms with Crippen molar-refractivity contribution in [2.45, 2.75) is 26.2 Å². The van der Waals surface area contributed by atoms with E-state index in [9.17, 15) is 9.59 Å². The first-order valence-electron chi connectivity index (χ1n) is 8.41. The molecule has 0 bridgehead atoms. The van der Waals surface area contributed by atoms with Crippen molar-refractivity contribution in [3.63, 3.8) is 0 Å². The number of amides is 2. The van der Waals surface area contributed by atoms with Gasteiger partial charge in [-0.3, -0.25) is 14.9 Å². The molecule has 0 unspecified atom stereocenters. The monoisotopic (exact) mass is 334 g/mol. The second-order valence-corrected chi connectivity index (χ2v) is 5.54. The van der Waals surface area contributed by atoms with Crippen molar-refractivity contribution in [2.75, 3.05) is 11.4 Å². The molecule has 1 N–H and O–H groups in total. The lowest BCUT2D eigenvalue weighted by atomic mass is 10.2. The molecule has 0 fully saturated rings. The number of carbonyl (C=O) groups is 2. The van der Waals surface area contributed by atoms with Crippen molar-refractivity contribution >= 4 is 17.5 Å². The van der Waals surface area contributed by atoms with Gasteiger partial charge in [-0.15, -0.1) is 0 Å².